The van der Waals surface area contributed by atoms with Crippen LogP contribution in [0.1, 0.15) is 62.3 Å². The monoisotopic (exact) mass is 364 g/mol. The van der Waals surface area contributed by atoms with Crippen molar-refractivity contribution in [1.82, 2.24) is 0 Å². The van der Waals surface area contributed by atoms with Crippen LogP contribution in [0.3, 0.4) is 0 Å². The van der Waals surface area contributed by atoms with Gasteiger partial charge in [-0.1, -0.05) is 0 Å². The average Bonchev–Trinajstić information content (AvgIpc) is 2.24. The molecule has 104 valence electrons. The molecule has 0 bridgehead atoms. The molecular formula is C15H36SiSn. The summed E-state index contributed by atoms with van der Waals surface area (Å²) in [5, 5.41) is 0. The first kappa shape index (κ1) is 18.0. The molecule has 0 N–H and O–H groups in total. The predicted molar refractivity (Wildman–Crippen MR) is 88.2 cm³/mol. The van der Waals surface area contributed by atoms with Crippen LogP contribution in [0.5, 0.6) is 0 Å². The molecular weight excluding hydrogens is 327 g/mol. The minimum absolute atomic E-state index is 0.976. The van der Waals surface area contributed by atoms with Gasteiger partial charge in [0.2, 0.25) is 0 Å². The van der Waals surface area contributed by atoms with E-state index in [-0.39, 0.29) is 0 Å². The molecule has 0 unspecified atom stereocenters. The van der Waals surface area contributed by atoms with E-state index in [1.165, 1.54) is 0 Å². The molecule has 0 atom stereocenters. The quantitative estimate of drug-likeness (QED) is 0.469. The topological polar surface area (TPSA) is 0 Å². The van der Waals surface area contributed by atoms with Gasteiger partial charge in [0.25, 0.3) is 0 Å². The van der Waals surface area contributed by atoms with Crippen LogP contribution < -0.4 is 0 Å². The summed E-state index contributed by atoms with van der Waals surface area (Å²) in [5.41, 5.74) is -0.976. The standard InChI is InChI=1S/C6H15Si.3C3H7.Sn/c1-4-7(5-2)6-3;3*1-3-2;/h4-6H2,1-3H3;3*3H,1-2H3;. The van der Waals surface area contributed by atoms with Gasteiger partial charge in [0.05, 0.1) is 0 Å². The van der Waals surface area contributed by atoms with Gasteiger partial charge in [-0.25, -0.2) is 0 Å². The summed E-state index contributed by atoms with van der Waals surface area (Å²) in [4.78, 5) is 0. The van der Waals surface area contributed by atoms with Crippen molar-refractivity contribution < 1.29 is 0 Å². The van der Waals surface area contributed by atoms with E-state index in [1.807, 2.05) is 0 Å². The molecule has 0 aliphatic carbocycles. The zero-order valence-electron chi connectivity index (χ0n) is 13.9. The second-order valence-electron chi connectivity index (χ2n) is 6.74. The second-order valence-corrected chi connectivity index (χ2v) is 41.5. The molecule has 0 aromatic rings. The molecule has 0 aromatic heterocycles. The van der Waals surface area contributed by atoms with Gasteiger partial charge < -0.3 is 0 Å². The van der Waals surface area contributed by atoms with Crippen LogP contribution in [0.15, 0.2) is 0 Å². The third kappa shape index (κ3) is 2.80. The average molecular weight is 363 g/mol. The molecule has 0 nitrogen and oxygen atoms in total. The van der Waals surface area contributed by atoms with Crippen molar-refractivity contribution in [3.8, 4) is 0 Å². The number of hydrogen-bond acceptors (Lipinski definition) is 0. The summed E-state index contributed by atoms with van der Waals surface area (Å²) < 4.78 is 3.07. The molecule has 0 spiro atoms. The molecule has 0 heterocycles. The molecule has 17 heavy (non-hydrogen) atoms. The Bertz CT molecular complexity index is 187. The van der Waals surface area contributed by atoms with Crippen molar-refractivity contribution in [3.05, 3.63) is 0 Å². The first-order chi connectivity index (χ1) is 7.76. The van der Waals surface area contributed by atoms with Gasteiger partial charge in [-0.05, 0) is 0 Å². The third-order valence-corrected chi connectivity index (χ3v) is 64.5. The summed E-state index contributed by atoms with van der Waals surface area (Å²) in [6.45, 7) is 22.9. The summed E-state index contributed by atoms with van der Waals surface area (Å²) in [6, 6.07) is 4.64. The third-order valence-electron chi connectivity index (χ3n) is 5.81. The molecule has 0 saturated carbocycles. The van der Waals surface area contributed by atoms with Gasteiger partial charge in [0, 0.05) is 0 Å². The van der Waals surface area contributed by atoms with Crippen LogP contribution in [0.2, 0.25) is 29.9 Å². The van der Waals surface area contributed by atoms with Crippen LogP contribution >= 0.6 is 0 Å². The normalized spacial score (nSPS) is 14.1. The molecule has 2 heteroatoms. The molecule has 0 radical (unpaired) electrons. The first-order valence-corrected chi connectivity index (χ1v) is 19.6. The Balaban J connectivity index is 5.88. The van der Waals surface area contributed by atoms with E-state index in [1.54, 1.807) is 18.1 Å². The molecule has 0 aliphatic heterocycles. The molecule has 0 amide bonds. The maximum absolute atomic E-state index is 2.57. The SMILES string of the molecule is CC[Si](CC)(CC)[Sn]([CH](C)C)([CH](C)C)[CH](C)C. The Hall–Kier alpha value is 1.02. The second kappa shape index (κ2) is 6.97. The van der Waals surface area contributed by atoms with Gasteiger partial charge in [-0.3, -0.25) is 0 Å². The van der Waals surface area contributed by atoms with E-state index in [4.69, 9.17) is 0 Å². The summed E-state index contributed by atoms with van der Waals surface area (Å²) in [6.07, 6.45) is 0. The van der Waals surface area contributed by atoms with E-state index in [0.29, 0.717) is 0 Å². The summed E-state index contributed by atoms with van der Waals surface area (Å²) in [5.74, 6) is 0. The van der Waals surface area contributed by atoms with Crippen LogP contribution in [0.25, 0.3) is 0 Å². The van der Waals surface area contributed by atoms with E-state index < -0.39 is 23.2 Å². The van der Waals surface area contributed by atoms with Gasteiger partial charge in [-0.2, -0.15) is 0 Å². The van der Waals surface area contributed by atoms with Crippen LogP contribution in [-0.2, 0) is 0 Å². The van der Waals surface area contributed by atoms with Gasteiger partial charge in [-0.15, -0.1) is 0 Å². The Labute approximate surface area is 115 Å². The molecule has 0 aromatic carbocycles. The Morgan fingerprint density at radius 1 is 0.647 bits per heavy atom. The van der Waals surface area contributed by atoms with Crippen molar-refractivity contribution in [2.75, 3.05) is 0 Å². The van der Waals surface area contributed by atoms with Crippen LogP contribution in [-0.4, -0.2) is 23.2 Å². The van der Waals surface area contributed by atoms with Crippen LogP contribution in [0, 0.1) is 0 Å². The predicted octanol–water partition coefficient (Wildman–Crippen LogP) is 6.25. The summed E-state index contributed by atoms with van der Waals surface area (Å²) in [7, 11) is 0. The van der Waals surface area contributed by atoms with E-state index >= 15 is 0 Å². The number of hydrogen-bond donors (Lipinski definition) is 0. The van der Waals surface area contributed by atoms with Gasteiger partial charge in [0.15, 0.2) is 0 Å². The van der Waals surface area contributed by atoms with Crippen molar-refractivity contribution in [2.24, 2.45) is 0 Å². The van der Waals surface area contributed by atoms with Gasteiger partial charge in [0.1, 0.15) is 0 Å². The van der Waals surface area contributed by atoms with Crippen LogP contribution in [0.4, 0.5) is 0 Å². The van der Waals surface area contributed by atoms with Crippen molar-refractivity contribution in [3.63, 3.8) is 0 Å². The van der Waals surface area contributed by atoms with Gasteiger partial charge >= 0.3 is 115 Å². The Morgan fingerprint density at radius 3 is 0.941 bits per heavy atom. The van der Waals surface area contributed by atoms with Crippen molar-refractivity contribution in [1.29, 1.82) is 0 Å². The maximum atomic E-state index is 2.57. The fourth-order valence-corrected chi connectivity index (χ4v) is 71.1. The molecule has 0 saturated heterocycles. The van der Waals surface area contributed by atoms with E-state index in [9.17, 15) is 0 Å². The fraction of sp³-hybridized carbons (Fsp3) is 1.00. The fourth-order valence-electron chi connectivity index (χ4n) is 5.51. The molecule has 0 rings (SSSR count). The first-order valence-electron chi connectivity index (χ1n) is 7.76. The zero-order valence-corrected chi connectivity index (χ0v) is 17.7. The zero-order chi connectivity index (χ0) is 13.9. The van der Waals surface area contributed by atoms with Crippen molar-refractivity contribution in [2.45, 2.75) is 92.2 Å². The number of rotatable bonds is 7. The summed E-state index contributed by atoms with van der Waals surface area (Å²) >= 11 is -2.08. The Morgan fingerprint density at radius 2 is 0.882 bits per heavy atom. The van der Waals surface area contributed by atoms with E-state index in [0.717, 1.165) is 11.8 Å². The minimum atomic E-state index is -2.08. The Kier molecular flexibility index (Phi) is 7.39. The van der Waals surface area contributed by atoms with E-state index in [2.05, 4.69) is 62.3 Å². The van der Waals surface area contributed by atoms with Crippen molar-refractivity contribution >= 4 is 23.2 Å². The molecule has 0 aliphatic rings. The molecule has 0 fully saturated rings.